The number of rotatable bonds is 2. The highest BCUT2D eigenvalue weighted by molar-refractivity contribution is 6.17. The first kappa shape index (κ1) is 8.77. The molecule has 0 amide bonds. The van der Waals surface area contributed by atoms with Gasteiger partial charge in [-0.05, 0) is 0 Å². The van der Waals surface area contributed by atoms with Crippen molar-refractivity contribution in [1.82, 2.24) is 14.3 Å². The molecule has 0 radical (unpaired) electrons. The first-order valence-corrected chi connectivity index (χ1v) is 4.66. The molecular formula is C7H10ClN3O2. The Morgan fingerprint density at radius 2 is 2.46 bits per heavy atom. The van der Waals surface area contributed by atoms with Crippen LogP contribution in [-0.2, 0) is 24.4 Å². The van der Waals surface area contributed by atoms with E-state index in [-0.39, 0.29) is 5.69 Å². The third kappa shape index (κ3) is 1.49. The summed E-state index contributed by atoms with van der Waals surface area (Å²) in [5.41, 5.74) is -0.0843. The molecule has 2 heterocycles. The Hall–Kier alpha value is -0.810. The summed E-state index contributed by atoms with van der Waals surface area (Å²) < 4.78 is 8.19. The number of alkyl halides is 1. The fourth-order valence-electron chi connectivity index (χ4n) is 1.36. The lowest BCUT2D eigenvalue weighted by Gasteiger charge is -2.11. The van der Waals surface area contributed by atoms with E-state index in [0.29, 0.717) is 38.0 Å². The Bertz CT molecular complexity index is 357. The second-order valence-corrected chi connectivity index (χ2v) is 3.19. The van der Waals surface area contributed by atoms with Crippen LogP contribution in [0.4, 0.5) is 0 Å². The minimum atomic E-state index is -0.0843. The van der Waals surface area contributed by atoms with Crippen LogP contribution in [0.5, 0.6) is 0 Å². The van der Waals surface area contributed by atoms with Crippen molar-refractivity contribution in [3.8, 4) is 0 Å². The minimum absolute atomic E-state index is 0.0843. The number of halogens is 1. The zero-order valence-electron chi connectivity index (χ0n) is 7.07. The van der Waals surface area contributed by atoms with Gasteiger partial charge in [0.25, 0.3) is 0 Å². The van der Waals surface area contributed by atoms with E-state index in [0.717, 1.165) is 0 Å². The summed E-state index contributed by atoms with van der Waals surface area (Å²) in [5.74, 6) is 1.10. The van der Waals surface area contributed by atoms with E-state index < -0.39 is 0 Å². The van der Waals surface area contributed by atoms with Crippen molar-refractivity contribution in [1.29, 1.82) is 0 Å². The van der Waals surface area contributed by atoms with Gasteiger partial charge in [-0.1, -0.05) is 0 Å². The summed E-state index contributed by atoms with van der Waals surface area (Å²) >= 11 is 5.53. The molecule has 1 aromatic rings. The SMILES string of the molecule is O=c1n(CCCl)nc2n1CCOC2. The molecule has 6 heteroatoms. The van der Waals surface area contributed by atoms with Crippen molar-refractivity contribution in [2.24, 2.45) is 0 Å². The quantitative estimate of drug-likeness (QED) is 0.627. The van der Waals surface area contributed by atoms with Gasteiger partial charge < -0.3 is 4.74 Å². The highest BCUT2D eigenvalue weighted by Gasteiger charge is 2.16. The van der Waals surface area contributed by atoms with Gasteiger partial charge in [-0.15, -0.1) is 11.6 Å². The van der Waals surface area contributed by atoms with Gasteiger partial charge in [0.05, 0.1) is 19.7 Å². The molecule has 1 aliphatic rings. The molecule has 0 saturated heterocycles. The molecule has 0 spiro atoms. The van der Waals surface area contributed by atoms with Crippen LogP contribution >= 0.6 is 11.6 Å². The van der Waals surface area contributed by atoms with Gasteiger partial charge in [-0.2, -0.15) is 5.10 Å². The lowest BCUT2D eigenvalue weighted by Crippen LogP contribution is -2.29. The van der Waals surface area contributed by atoms with Crippen LogP contribution in [-0.4, -0.2) is 26.8 Å². The van der Waals surface area contributed by atoms with Gasteiger partial charge in [0, 0.05) is 5.88 Å². The monoisotopic (exact) mass is 203 g/mol. The van der Waals surface area contributed by atoms with Crippen molar-refractivity contribution in [3.63, 3.8) is 0 Å². The molecule has 5 nitrogen and oxygen atoms in total. The number of ether oxygens (including phenoxy) is 1. The number of nitrogens with zero attached hydrogens (tertiary/aromatic N) is 3. The molecule has 72 valence electrons. The highest BCUT2D eigenvalue weighted by atomic mass is 35.5. The molecule has 0 N–H and O–H groups in total. The second kappa shape index (κ2) is 3.51. The largest absolute Gasteiger partial charge is 0.372 e. The number of fused-ring (bicyclic) bond motifs is 1. The van der Waals surface area contributed by atoms with Gasteiger partial charge in [0.1, 0.15) is 6.61 Å². The maximum atomic E-state index is 11.6. The van der Waals surface area contributed by atoms with E-state index in [2.05, 4.69) is 5.10 Å². The molecule has 0 aliphatic carbocycles. The van der Waals surface area contributed by atoms with E-state index >= 15 is 0 Å². The molecule has 0 aromatic carbocycles. The molecule has 0 unspecified atom stereocenters. The fraction of sp³-hybridized carbons (Fsp3) is 0.714. The molecule has 0 atom stereocenters. The van der Waals surface area contributed by atoms with Crippen molar-refractivity contribution in [3.05, 3.63) is 16.3 Å². The first-order valence-electron chi connectivity index (χ1n) is 4.13. The molecule has 0 fully saturated rings. The molecule has 1 aliphatic heterocycles. The first-order chi connectivity index (χ1) is 6.33. The predicted octanol–water partition coefficient (Wildman–Crippen LogP) is -0.186. The van der Waals surface area contributed by atoms with Crippen LogP contribution in [0.1, 0.15) is 5.82 Å². The van der Waals surface area contributed by atoms with E-state index in [1.807, 2.05) is 0 Å². The number of hydrogen-bond donors (Lipinski definition) is 0. The summed E-state index contributed by atoms with van der Waals surface area (Å²) in [4.78, 5) is 11.6. The average molecular weight is 204 g/mol. The molecular weight excluding hydrogens is 194 g/mol. The standard InChI is InChI=1S/C7H10ClN3O2/c8-1-2-11-7(12)10-3-4-13-5-6(10)9-11/h1-5H2. The van der Waals surface area contributed by atoms with Crippen molar-refractivity contribution >= 4 is 11.6 Å². The number of hydrogen-bond acceptors (Lipinski definition) is 3. The zero-order valence-corrected chi connectivity index (χ0v) is 7.83. The van der Waals surface area contributed by atoms with E-state index in [9.17, 15) is 4.79 Å². The topological polar surface area (TPSA) is 49.0 Å². The van der Waals surface area contributed by atoms with Crippen LogP contribution in [0.3, 0.4) is 0 Å². The van der Waals surface area contributed by atoms with Crippen LogP contribution in [0.15, 0.2) is 4.79 Å². The third-order valence-electron chi connectivity index (χ3n) is 1.99. The van der Waals surface area contributed by atoms with Crippen LogP contribution in [0.25, 0.3) is 0 Å². The van der Waals surface area contributed by atoms with Crippen LogP contribution < -0.4 is 5.69 Å². The van der Waals surface area contributed by atoms with Crippen molar-refractivity contribution in [2.45, 2.75) is 19.7 Å². The lowest BCUT2D eigenvalue weighted by atomic mass is 10.5. The zero-order chi connectivity index (χ0) is 9.26. The van der Waals surface area contributed by atoms with Gasteiger partial charge in [0.15, 0.2) is 5.82 Å². The van der Waals surface area contributed by atoms with E-state index in [1.54, 1.807) is 4.57 Å². The summed E-state index contributed by atoms with van der Waals surface area (Å²) in [7, 11) is 0. The Morgan fingerprint density at radius 3 is 3.15 bits per heavy atom. The smallest absolute Gasteiger partial charge is 0.346 e. The maximum absolute atomic E-state index is 11.6. The van der Waals surface area contributed by atoms with Crippen LogP contribution in [0, 0.1) is 0 Å². The molecule has 1 aromatic heterocycles. The Balaban J connectivity index is 2.39. The average Bonchev–Trinajstić information content (AvgIpc) is 2.46. The highest BCUT2D eigenvalue weighted by Crippen LogP contribution is 2.02. The summed E-state index contributed by atoms with van der Waals surface area (Å²) in [6.45, 7) is 2.06. The lowest BCUT2D eigenvalue weighted by molar-refractivity contribution is 0.0805. The summed E-state index contributed by atoms with van der Waals surface area (Å²) in [5, 5.41) is 4.10. The van der Waals surface area contributed by atoms with Crippen LogP contribution in [0.2, 0.25) is 0 Å². The third-order valence-corrected chi connectivity index (χ3v) is 2.16. The Morgan fingerprint density at radius 1 is 1.62 bits per heavy atom. The van der Waals surface area contributed by atoms with Gasteiger partial charge in [0.2, 0.25) is 0 Å². The molecule has 13 heavy (non-hydrogen) atoms. The maximum Gasteiger partial charge on any atom is 0.346 e. The van der Waals surface area contributed by atoms with Crippen molar-refractivity contribution in [2.75, 3.05) is 12.5 Å². The Kier molecular flexibility index (Phi) is 2.37. The molecule has 2 rings (SSSR count). The summed E-state index contributed by atoms with van der Waals surface area (Å²) in [6.07, 6.45) is 0. The summed E-state index contributed by atoms with van der Waals surface area (Å²) in [6, 6.07) is 0. The number of aryl methyl sites for hydroxylation is 1. The normalized spacial score (nSPS) is 15.8. The van der Waals surface area contributed by atoms with E-state index in [1.165, 1.54) is 4.68 Å². The predicted molar refractivity (Wildman–Crippen MR) is 46.9 cm³/mol. The minimum Gasteiger partial charge on any atom is -0.372 e. The van der Waals surface area contributed by atoms with Gasteiger partial charge in [-0.25, -0.2) is 9.48 Å². The second-order valence-electron chi connectivity index (χ2n) is 2.82. The van der Waals surface area contributed by atoms with Gasteiger partial charge >= 0.3 is 5.69 Å². The Labute approximate surface area is 79.9 Å². The fourth-order valence-corrected chi connectivity index (χ4v) is 1.52. The van der Waals surface area contributed by atoms with Gasteiger partial charge in [-0.3, -0.25) is 4.57 Å². The molecule has 0 bridgehead atoms. The van der Waals surface area contributed by atoms with E-state index in [4.69, 9.17) is 16.3 Å². The van der Waals surface area contributed by atoms with Crippen molar-refractivity contribution < 1.29 is 4.74 Å². The number of aromatic nitrogens is 3. The molecule has 0 saturated carbocycles.